The molecule has 20 heavy (non-hydrogen) atoms. The lowest BCUT2D eigenvalue weighted by molar-refractivity contribution is 0.144. The third-order valence-corrected chi connectivity index (χ3v) is 3.92. The molecule has 0 spiro atoms. The Kier molecular flexibility index (Phi) is 3.17. The Balaban J connectivity index is 1.74. The van der Waals surface area contributed by atoms with Crippen LogP contribution in [-0.4, -0.2) is 26.2 Å². The van der Waals surface area contributed by atoms with Gasteiger partial charge in [-0.1, -0.05) is 20.8 Å². The minimum atomic E-state index is -0.0898. The van der Waals surface area contributed by atoms with Crippen molar-refractivity contribution < 1.29 is 4.42 Å². The largest absolute Gasteiger partial charge is 0.423 e. The zero-order valence-electron chi connectivity index (χ0n) is 12.6. The van der Waals surface area contributed by atoms with Gasteiger partial charge in [-0.15, -0.1) is 10.2 Å². The van der Waals surface area contributed by atoms with Crippen molar-refractivity contribution >= 4 is 0 Å². The average Bonchev–Trinajstić information content (AvgIpc) is 3.01. The second-order valence-corrected chi connectivity index (χ2v) is 6.52. The first kappa shape index (κ1) is 13.4. The van der Waals surface area contributed by atoms with Gasteiger partial charge in [-0.2, -0.15) is 0 Å². The van der Waals surface area contributed by atoms with E-state index in [1.54, 1.807) is 0 Å². The van der Waals surface area contributed by atoms with Crippen molar-refractivity contribution in [2.24, 2.45) is 0 Å². The summed E-state index contributed by atoms with van der Waals surface area (Å²) in [5.41, 5.74) is 1.26. The van der Waals surface area contributed by atoms with Crippen molar-refractivity contribution in [3.63, 3.8) is 0 Å². The highest BCUT2D eigenvalue weighted by Crippen LogP contribution is 2.27. The van der Waals surface area contributed by atoms with Crippen LogP contribution in [0.3, 0.4) is 0 Å². The summed E-state index contributed by atoms with van der Waals surface area (Å²) in [6.07, 6.45) is 2.15. The van der Waals surface area contributed by atoms with Crippen LogP contribution in [0.15, 0.2) is 22.7 Å². The van der Waals surface area contributed by atoms with Crippen LogP contribution in [0.1, 0.15) is 51.2 Å². The third kappa shape index (κ3) is 2.38. The highest BCUT2D eigenvalue weighted by Gasteiger charge is 2.26. The van der Waals surface area contributed by atoms with Crippen LogP contribution in [0, 0.1) is 0 Å². The first-order chi connectivity index (χ1) is 9.45. The summed E-state index contributed by atoms with van der Waals surface area (Å²) < 4.78 is 8.11. The number of hydrogen-bond acceptors (Lipinski definition) is 4. The molecule has 0 bridgehead atoms. The van der Waals surface area contributed by atoms with Crippen molar-refractivity contribution in [1.82, 2.24) is 19.7 Å². The number of hydrogen-bond donors (Lipinski definition) is 0. The Morgan fingerprint density at radius 2 is 2.10 bits per heavy atom. The van der Waals surface area contributed by atoms with Crippen LogP contribution < -0.4 is 0 Å². The number of fused-ring (bicyclic) bond motifs is 1. The molecule has 0 radical (unpaired) electrons. The van der Waals surface area contributed by atoms with E-state index in [1.165, 1.54) is 5.69 Å². The molecule has 5 nitrogen and oxygen atoms in total. The van der Waals surface area contributed by atoms with E-state index in [0.29, 0.717) is 17.8 Å². The van der Waals surface area contributed by atoms with Crippen molar-refractivity contribution in [3.8, 4) is 0 Å². The fourth-order valence-electron chi connectivity index (χ4n) is 2.64. The van der Waals surface area contributed by atoms with Crippen molar-refractivity contribution in [1.29, 1.82) is 0 Å². The molecule has 0 aromatic carbocycles. The molecule has 0 saturated heterocycles. The summed E-state index contributed by atoms with van der Waals surface area (Å²) in [7, 11) is 0. The van der Waals surface area contributed by atoms with E-state index >= 15 is 0 Å². The van der Waals surface area contributed by atoms with Gasteiger partial charge in [0.15, 0.2) is 0 Å². The first-order valence-electron chi connectivity index (χ1n) is 7.17. The Bertz CT molecular complexity index is 593. The molecule has 0 amide bonds. The molecular weight excluding hydrogens is 252 g/mol. The lowest BCUT2D eigenvalue weighted by Gasteiger charge is -2.33. The zero-order valence-corrected chi connectivity index (χ0v) is 12.6. The van der Waals surface area contributed by atoms with Gasteiger partial charge in [-0.05, 0) is 19.1 Å². The fourth-order valence-corrected chi connectivity index (χ4v) is 2.64. The molecular formula is C15H22N4O. The molecule has 5 heteroatoms. The van der Waals surface area contributed by atoms with Gasteiger partial charge in [0.05, 0.1) is 6.54 Å². The molecule has 1 atom stereocenters. The average molecular weight is 274 g/mol. The second-order valence-electron chi connectivity index (χ2n) is 6.52. The molecule has 108 valence electrons. The molecule has 3 rings (SSSR count). The second kappa shape index (κ2) is 4.74. The van der Waals surface area contributed by atoms with Crippen LogP contribution in [0.4, 0.5) is 0 Å². The van der Waals surface area contributed by atoms with Gasteiger partial charge < -0.3 is 8.98 Å². The van der Waals surface area contributed by atoms with Gasteiger partial charge in [0.2, 0.25) is 11.8 Å². The fraction of sp³-hybridized carbons (Fsp3) is 0.600. The van der Waals surface area contributed by atoms with E-state index in [2.05, 4.69) is 65.7 Å². The van der Waals surface area contributed by atoms with E-state index in [0.717, 1.165) is 19.6 Å². The van der Waals surface area contributed by atoms with E-state index in [-0.39, 0.29) is 5.41 Å². The van der Waals surface area contributed by atoms with Crippen molar-refractivity contribution in [3.05, 3.63) is 35.8 Å². The van der Waals surface area contributed by atoms with E-state index in [9.17, 15) is 0 Å². The summed E-state index contributed by atoms with van der Waals surface area (Å²) in [5.74, 6) is 1.42. The minimum absolute atomic E-state index is 0.0898. The predicted octanol–water partition coefficient (Wildman–Crippen LogP) is 2.75. The standard InChI is InChI=1S/C15H22N4O/c1-11-12-6-5-7-18(12)8-9-19(11)10-13-16-17-14(20-13)15(2,3)4/h5-7,11H,8-10H2,1-4H3/t11-/m0/s1. The SMILES string of the molecule is C[C@H]1c2cccn2CCN1Cc1nnc(C(C)(C)C)o1. The Morgan fingerprint density at radius 3 is 2.80 bits per heavy atom. The molecule has 1 aliphatic heterocycles. The smallest absolute Gasteiger partial charge is 0.230 e. The molecule has 0 aliphatic carbocycles. The van der Waals surface area contributed by atoms with Crippen molar-refractivity contribution in [2.75, 3.05) is 6.54 Å². The van der Waals surface area contributed by atoms with Crippen molar-refractivity contribution in [2.45, 2.75) is 52.2 Å². The van der Waals surface area contributed by atoms with Gasteiger partial charge >= 0.3 is 0 Å². The maximum atomic E-state index is 5.80. The van der Waals surface area contributed by atoms with Gasteiger partial charge in [0.25, 0.3) is 0 Å². The van der Waals surface area contributed by atoms with Crippen LogP contribution in [0.5, 0.6) is 0 Å². The highest BCUT2D eigenvalue weighted by atomic mass is 16.4. The molecule has 0 saturated carbocycles. The summed E-state index contributed by atoms with van der Waals surface area (Å²) in [5, 5.41) is 8.35. The van der Waals surface area contributed by atoms with Crippen LogP contribution >= 0.6 is 0 Å². The number of rotatable bonds is 2. The number of aromatic nitrogens is 3. The molecule has 1 aliphatic rings. The Hall–Kier alpha value is -1.62. The summed E-state index contributed by atoms with van der Waals surface area (Å²) in [4.78, 5) is 2.38. The molecule has 2 aromatic heterocycles. The highest BCUT2D eigenvalue weighted by molar-refractivity contribution is 5.13. The molecule has 0 unspecified atom stereocenters. The topological polar surface area (TPSA) is 47.1 Å². The maximum Gasteiger partial charge on any atom is 0.230 e. The minimum Gasteiger partial charge on any atom is -0.423 e. The lowest BCUT2D eigenvalue weighted by Crippen LogP contribution is -2.35. The normalized spacial score (nSPS) is 20.1. The quantitative estimate of drug-likeness (QED) is 0.845. The van der Waals surface area contributed by atoms with Gasteiger partial charge in [-0.3, -0.25) is 4.90 Å². The molecule has 0 N–H and O–H groups in total. The summed E-state index contributed by atoms with van der Waals surface area (Å²) in [6.45, 7) is 11.2. The van der Waals surface area contributed by atoms with E-state index in [4.69, 9.17) is 4.42 Å². The van der Waals surface area contributed by atoms with E-state index < -0.39 is 0 Å². The molecule has 2 aromatic rings. The monoisotopic (exact) mass is 274 g/mol. The third-order valence-electron chi connectivity index (χ3n) is 3.92. The Labute approximate surface area is 119 Å². The van der Waals surface area contributed by atoms with Gasteiger partial charge in [0, 0.05) is 36.4 Å². The summed E-state index contributed by atoms with van der Waals surface area (Å²) >= 11 is 0. The van der Waals surface area contributed by atoms with Crippen LogP contribution in [-0.2, 0) is 18.5 Å². The predicted molar refractivity (Wildman–Crippen MR) is 76.3 cm³/mol. The van der Waals surface area contributed by atoms with Gasteiger partial charge in [0.1, 0.15) is 0 Å². The van der Waals surface area contributed by atoms with E-state index in [1.807, 2.05) is 0 Å². The first-order valence-corrected chi connectivity index (χ1v) is 7.17. The Morgan fingerprint density at radius 1 is 1.30 bits per heavy atom. The van der Waals surface area contributed by atoms with Crippen LogP contribution in [0.25, 0.3) is 0 Å². The molecule has 0 fully saturated rings. The maximum absolute atomic E-state index is 5.80. The summed E-state index contributed by atoms with van der Waals surface area (Å²) in [6, 6.07) is 4.68. The lowest BCUT2D eigenvalue weighted by atomic mass is 9.97. The number of nitrogens with zero attached hydrogens (tertiary/aromatic N) is 4. The van der Waals surface area contributed by atoms with Crippen LogP contribution in [0.2, 0.25) is 0 Å². The molecule has 3 heterocycles. The van der Waals surface area contributed by atoms with Gasteiger partial charge in [-0.25, -0.2) is 0 Å². The zero-order chi connectivity index (χ0) is 14.3.